The Kier molecular flexibility index (Phi) is 3.01. The molecule has 1 aliphatic heterocycles. The normalized spacial score (nSPS) is 34.5. The van der Waals surface area contributed by atoms with E-state index in [1.54, 1.807) is 0 Å². The first-order valence-electron chi connectivity index (χ1n) is 6.19. The lowest BCUT2D eigenvalue weighted by Gasteiger charge is -2.44. The van der Waals surface area contributed by atoms with Gasteiger partial charge in [-0.25, -0.2) is 0 Å². The summed E-state index contributed by atoms with van der Waals surface area (Å²) in [4.78, 5) is 14.0. The van der Waals surface area contributed by atoms with Crippen molar-refractivity contribution in [3.63, 3.8) is 0 Å². The number of hydrogen-bond acceptors (Lipinski definition) is 2. The highest BCUT2D eigenvalue weighted by Gasteiger charge is 2.45. The molecule has 2 fully saturated rings. The van der Waals surface area contributed by atoms with Gasteiger partial charge in [-0.2, -0.15) is 0 Å². The number of carbonyl (C=O) groups is 1. The molecular weight excluding hydrogens is 188 g/mol. The number of likely N-dealkylation sites (N-methyl/N-ethyl adjacent to an activating group) is 1. The summed E-state index contributed by atoms with van der Waals surface area (Å²) in [5.41, 5.74) is 5.84. The molecule has 0 bridgehead atoms. The van der Waals surface area contributed by atoms with Crippen LogP contribution < -0.4 is 5.73 Å². The van der Waals surface area contributed by atoms with E-state index in [0.717, 1.165) is 32.2 Å². The van der Waals surface area contributed by atoms with Gasteiger partial charge in [-0.05, 0) is 31.6 Å². The zero-order chi connectivity index (χ0) is 10.9. The van der Waals surface area contributed by atoms with Crippen molar-refractivity contribution in [2.75, 3.05) is 13.6 Å². The van der Waals surface area contributed by atoms with Crippen LogP contribution in [0.3, 0.4) is 0 Å². The number of amides is 1. The Morgan fingerprint density at radius 2 is 1.93 bits per heavy atom. The number of piperidine rings is 1. The highest BCUT2D eigenvalue weighted by Crippen LogP contribution is 2.36. The van der Waals surface area contributed by atoms with Gasteiger partial charge in [-0.15, -0.1) is 0 Å². The Bertz CT molecular complexity index is 248. The number of carbonyl (C=O) groups excluding carboxylic acids is 1. The summed E-state index contributed by atoms with van der Waals surface area (Å²) in [5, 5.41) is 0. The fraction of sp³-hybridized carbons (Fsp3) is 0.917. The van der Waals surface area contributed by atoms with E-state index >= 15 is 0 Å². The molecule has 2 aliphatic rings. The lowest BCUT2D eigenvalue weighted by atomic mass is 9.71. The number of nitrogens with zero attached hydrogens (tertiary/aromatic N) is 1. The van der Waals surface area contributed by atoms with Crippen molar-refractivity contribution in [2.24, 2.45) is 11.7 Å². The SMILES string of the molecule is CN1CCC[C@](N)(C2CCCCC2)C1=O. The average Bonchev–Trinajstić information content (AvgIpc) is 2.27. The molecule has 15 heavy (non-hydrogen) atoms. The minimum absolute atomic E-state index is 0.181. The molecule has 0 aromatic rings. The van der Waals surface area contributed by atoms with Crippen LogP contribution in [0.15, 0.2) is 0 Å². The summed E-state index contributed by atoms with van der Waals surface area (Å²) in [6.07, 6.45) is 8.07. The lowest BCUT2D eigenvalue weighted by molar-refractivity contribution is -0.141. The van der Waals surface area contributed by atoms with E-state index in [9.17, 15) is 4.79 Å². The van der Waals surface area contributed by atoms with Crippen molar-refractivity contribution in [1.29, 1.82) is 0 Å². The topological polar surface area (TPSA) is 46.3 Å². The molecule has 3 heteroatoms. The molecule has 0 aromatic carbocycles. The van der Waals surface area contributed by atoms with Crippen LogP contribution in [-0.4, -0.2) is 29.9 Å². The summed E-state index contributed by atoms with van der Waals surface area (Å²) in [7, 11) is 1.88. The van der Waals surface area contributed by atoms with E-state index < -0.39 is 5.54 Å². The molecular formula is C12H22N2O. The van der Waals surface area contributed by atoms with Gasteiger partial charge in [0, 0.05) is 13.6 Å². The van der Waals surface area contributed by atoms with Crippen LogP contribution in [0, 0.1) is 5.92 Å². The zero-order valence-electron chi connectivity index (χ0n) is 9.67. The molecule has 2 rings (SSSR count). The second-order valence-corrected chi connectivity index (χ2v) is 5.21. The maximum atomic E-state index is 12.1. The standard InChI is InChI=1S/C12H22N2O/c1-14-9-5-8-12(13,11(14)15)10-6-3-2-4-7-10/h10H,2-9,13H2,1H3/t12-/m0/s1. The van der Waals surface area contributed by atoms with Crippen LogP contribution in [0.1, 0.15) is 44.9 Å². The minimum atomic E-state index is -0.534. The molecule has 1 amide bonds. The fourth-order valence-electron chi connectivity index (χ4n) is 3.17. The monoisotopic (exact) mass is 210 g/mol. The summed E-state index contributed by atoms with van der Waals surface area (Å²) >= 11 is 0. The largest absolute Gasteiger partial charge is 0.344 e. The Labute approximate surface area is 92.0 Å². The third-order valence-corrected chi connectivity index (χ3v) is 4.16. The summed E-state index contributed by atoms with van der Waals surface area (Å²) in [6.45, 7) is 0.879. The minimum Gasteiger partial charge on any atom is -0.344 e. The third-order valence-electron chi connectivity index (χ3n) is 4.16. The average molecular weight is 210 g/mol. The van der Waals surface area contributed by atoms with Crippen LogP contribution >= 0.6 is 0 Å². The van der Waals surface area contributed by atoms with Gasteiger partial charge in [0.05, 0.1) is 5.54 Å². The van der Waals surface area contributed by atoms with Gasteiger partial charge in [-0.1, -0.05) is 19.3 Å². The molecule has 2 N–H and O–H groups in total. The van der Waals surface area contributed by atoms with E-state index in [1.807, 2.05) is 11.9 Å². The van der Waals surface area contributed by atoms with E-state index in [2.05, 4.69) is 0 Å². The fourth-order valence-corrected chi connectivity index (χ4v) is 3.17. The van der Waals surface area contributed by atoms with Crippen LogP contribution in [0.2, 0.25) is 0 Å². The van der Waals surface area contributed by atoms with Crippen molar-refractivity contribution >= 4 is 5.91 Å². The first kappa shape index (κ1) is 10.9. The van der Waals surface area contributed by atoms with Gasteiger partial charge < -0.3 is 10.6 Å². The Hall–Kier alpha value is -0.570. The van der Waals surface area contributed by atoms with Crippen molar-refractivity contribution in [3.05, 3.63) is 0 Å². The molecule has 1 saturated heterocycles. The second kappa shape index (κ2) is 4.12. The maximum Gasteiger partial charge on any atom is 0.242 e. The predicted molar refractivity (Wildman–Crippen MR) is 60.4 cm³/mol. The molecule has 1 aliphatic carbocycles. The van der Waals surface area contributed by atoms with Gasteiger partial charge in [0.1, 0.15) is 0 Å². The summed E-state index contributed by atoms with van der Waals surface area (Å²) < 4.78 is 0. The van der Waals surface area contributed by atoms with E-state index in [4.69, 9.17) is 5.73 Å². The number of rotatable bonds is 1. The first-order chi connectivity index (χ1) is 7.14. The maximum absolute atomic E-state index is 12.1. The van der Waals surface area contributed by atoms with Gasteiger partial charge in [0.25, 0.3) is 0 Å². The molecule has 3 nitrogen and oxygen atoms in total. The number of hydrogen-bond donors (Lipinski definition) is 1. The van der Waals surface area contributed by atoms with Crippen LogP contribution in [0.25, 0.3) is 0 Å². The van der Waals surface area contributed by atoms with Gasteiger partial charge in [0.15, 0.2) is 0 Å². The van der Waals surface area contributed by atoms with Crippen molar-refractivity contribution in [3.8, 4) is 0 Å². The number of nitrogens with two attached hydrogens (primary N) is 1. The highest BCUT2D eigenvalue weighted by atomic mass is 16.2. The zero-order valence-corrected chi connectivity index (χ0v) is 9.67. The molecule has 1 atom stereocenters. The third kappa shape index (κ3) is 1.89. The van der Waals surface area contributed by atoms with Gasteiger partial charge >= 0.3 is 0 Å². The van der Waals surface area contributed by atoms with Crippen LogP contribution in [0.5, 0.6) is 0 Å². The molecule has 0 spiro atoms. The number of likely N-dealkylation sites (tertiary alicyclic amines) is 1. The Balaban J connectivity index is 2.12. The van der Waals surface area contributed by atoms with Crippen molar-refractivity contribution in [1.82, 2.24) is 4.90 Å². The Morgan fingerprint density at radius 3 is 2.60 bits per heavy atom. The molecule has 0 unspecified atom stereocenters. The first-order valence-corrected chi connectivity index (χ1v) is 6.19. The van der Waals surface area contributed by atoms with Gasteiger partial charge in [-0.3, -0.25) is 4.79 Å². The van der Waals surface area contributed by atoms with Crippen molar-refractivity contribution in [2.45, 2.75) is 50.5 Å². The van der Waals surface area contributed by atoms with Crippen molar-refractivity contribution < 1.29 is 4.79 Å². The van der Waals surface area contributed by atoms with Crippen LogP contribution in [0.4, 0.5) is 0 Å². The predicted octanol–water partition coefficient (Wildman–Crippen LogP) is 1.52. The van der Waals surface area contributed by atoms with E-state index in [1.165, 1.54) is 19.3 Å². The van der Waals surface area contributed by atoms with Gasteiger partial charge in [0.2, 0.25) is 5.91 Å². The quantitative estimate of drug-likeness (QED) is 0.713. The lowest BCUT2D eigenvalue weighted by Crippen LogP contribution is -2.62. The molecule has 1 heterocycles. The molecule has 0 aromatic heterocycles. The summed E-state index contributed by atoms with van der Waals surface area (Å²) in [5.74, 6) is 0.613. The second-order valence-electron chi connectivity index (χ2n) is 5.21. The highest BCUT2D eigenvalue weighted by molar-refractivity contribution is 5.87. The Morgan fingerprint density at radius 1 is 1.27 bits per heavy atom. The van der Waals surface area contributed by atoms with Crippen LogP contribution in [-0.2, 0) is 4.79 Å². The molecule has 86 valence electrons. The smallest absolute Gasteiger partial charge is 0.242 e. The summed E-state index contributed by atoms with van der Waals surface area (Å²) in [6, 6.07) is 0. The molecule has 0 radical (unpaired) electrons. The van der Waals surface area contributed by atoms with E-state index in [-0.39, 0.29) is 5.91 Å². The van der Waals surface area contributed by atoms with E-state index in [0.29, 0.717) is 5.92 Å². The molecule has 1 saturated carbocycles.